The van der Waals surface area contributed by atoms with Gasteiger partial charge in [0, 0.05) is 27.5 Å². The molecule has 2 unspecified atom stereocenters. The van der Waals surface area contributed by atoms with Crippen LogP contribution < -0.4 is 10.0 Å². The Hall–Kier alpha value is -0.950. The van der Waals surface area contributed by atoms with Gasteiger partial charge in [0.25, 0.3) is 0 Å². The van der Waals surface area contributed by atoms with Gasteiger partial charge in [0.2, 0.25) is 10.0 Å². The van der Waals surface area contributed by atoms with Crippen molar-refractivity contribution in [1.29, 1.82) is 0 Å². The zero-order valence-electron chi connectivity index (χ0n) is 12.2. The van der Waals surface area contributed by atoms with Crippen molar-refractivity contribution in [2.75, 3.05) is 7.05 Å². The third kappa shape index (κ3) is 2.85. The van der Waals surface area contributed by atoms with Gasteiger partial charge in [-0.1, -0.05) is 31.5 Å². The van der Waals surface area contributed by atoms with Crippen LogP contribution >= 0.6 is 11.3 Å². The van der Waals surface area contributed by atoms with Gasteiger partial charge in [-0.05, 0) is 25.5 Å². The van der Waals surface area contributed by atoms with E-state index >= 15 is 0 Å². The van der Waals surface area contributed by atoms with Gasteiger partial charge in [0.1, 0.15) is 4.90 Å². The Morgan fingerprint density at radius 1 is 1.33 bits per heavy atom. The van der Waals surface area contributed by atoms with Crippen molar-refractivity contribution >= 4 is 31.4 Å². The summed E-state index contributed by atoms with van der Waals surface area (Å²) in [6.45, 7) is 2.67. The van der Waals surface area contributed by atoms with Crippen LogP contribution in [-0.4, -0.2) is 21.5 Å². The first kappa shape index (κ1) is 15.0. The molecule has 0 spiro atoms. The Morgan fingerprint density at radius 3 is 2.76 bits per heavy atom. The van der Waals surface area contributed by atoms with Gasteiger partial charge in [-0.2, -0.15) is 0 Å². The van der Waals surface area contributed by atoms with E-state index < -0.39 is 10.0 Å². The summed E-state index contributed by atoms with van der Waals surface area (Å²) in [5.74, 6) is 0.498. The summed E-state index contributed by atoms with van der Waals surface area (Å²) in [6, 6.07) is 7.82. The fourth-order valence-electron chi connectivity index (χ4n) is 2.75. The van der Waals surface area contributed by atoms with E-state index in [0.29, 0.717) is 17.4 Å². The largest absolute Gasteiger partial charge is 0.315 e. The minimum absolute atomic E-state index is 0.112. The molecule has 1 aromatic heterocycles. The molecule has 2 aromatic rings. The summed E-state index contributed by atoms with van der Waals surface area (Å²) >= 11 is 1.55. The molecule has 0 saturated heterocycles. The van der Waals surface area contributed by atoms with E-state index in [0.717, 1.165) is 27.8 Å². The van der Waals surface area contributed by atoms with Gasteiger partial charge in [-0.3, -0.25) is 0 Å². The molecule has 1 aromatic carbocycles. The van der Waals surface area contributed by atoms with Crippen LogP contribution in [-0.2, 0) is 16.6 Å². The molecule has 2 atom stereocenters. The molecule has 0 radical (unpaired) electrons. The fraction of sp³-hybridized carbons (Fsp3) is 0.467. The molecule has 1 saturated carbocycles. The van der Waals surface area contributed by atoms with Crippen LogP contribution in [0.1, 0.15) is 24.6 Å². The zero-order chi connectivity index (χ0) is 15.0. The standard InChI is InChI=1S/C15H20N2O2S2/c1-3-10-8-12(10)17-21(18,19)15-11-6-4-5-7-13(11)20-14(15)9-16-2/h4-7,10,12,16-17H,3,8-9H2,1-2H3. The van der Waals surface area contributed by atoms with Crippen molar-refractivity contribution in [3.8, 4) is 0 Å². The molecule has 0 amide bonds. The van der Waals surface area contributed by atoms with Crippen molar-refractivity contribution < 1.29 is 8.42 Å². The minimum atomic E-state index is -3.46. The number of thiophene rings is 1. The topological polar surface area (TPSA) is 58.2 Å². The number of hydrogen-bond acceptors (Lipinski definition) is 4. The Balaban J connectivity index is 2.03. The monoisotopic (exact) mass is 324 g/mol. The smallest absolute Gasteiger partial charge is 0.242 e. The third-order valence-corrected chi connectivity index (χ3v) is 6.89. The minimum Gasteiger partial charge on any atom is -0.315 e. The lowest BCUT2D eigenvalue weighted by molar-refractivity contribution is 0.575. The van der Waals surface area contributed by atoms with E-state index in [1.165, 1.54) is 0 Å². The second kappa shape index (κ2) is 5.68. The third-order valence-electron chi connectivity index (χ3n) is 3.98. The molecule has 114 valence electrons. The van der Waals surface area contributed by atoms with Crippen molar-refractivity contribution in [2.24, 2.45) is 5.92 Å². The van der Waals surface area contributed by atoms with E-state index in [-0.39, 0.29) is 6.04 Å². The maximum atomic E-state index is 12.8. The number of fused-ring (bicyclic) bond motifs is 1. The highest BCUT2D eigenvalue weighted by atomic mass is 32.2. The summed E-state index contributed by atoms with van der Waals surface area (Å²) < 4.78 is 29.5. The second-order valence-corrected chi connectivity index (χ2v) is 8.30. The van der Waals surface area contributed by atoms with E-state index in [9.17, 15) is 8.42 Å². The maximum absolute atomic E-state index is 12.8. The molecule has 1 heterocycles. The van der Waals surface area contributed by atoms with Crippen LogP contribution in [0.5, 0.6) is 0 Å². The van der Waals surface area contributed by atoms with Crippen LogP contribution in [0.3, 0.4) is 0 Å². The van der Waals surface area contributed by atoms with Crippen LogP contribution in [0.15, 0.2) is 29.2 Å². The maximum Gasteiger partial charge on any atom is 0.242 e. The van der Waals surface area contributed by atoms with Crippen molar-refractivity contribution in [1.82, 2.24) is 10.0 Å². The van der Waals surface area contributed by atoms with Gasteiger partial charge >= 0.3 is 0 Å². The van der Waals surface area contributed by atoms with E-state index in [1.54, 1.807) is 11.3 Å². The predicted octanol–water partition coefficient (Wildman–Crippen LogP) is 2.70. The molecule has 6 heteroatoms. The summed E-state index contributed by atoms with van der Waals surface area (Å²) in [5, 5.41) is 3.89. The second-order valence-electron chi connectivity index (χ2n) is 5.51. The fourth-order valence-corrected chi connectivity index (χ4v) is 6.02. The average molecular weight is 324 g/mol. The van der Waals surface area contributed by atoms with Gasteiger partial charge < -0.3 is 5.32 Å². The number of rotatable bonds is 6. The lowest BCUT2D eigenvalue weighted by Crippen LogP contribution is -2.28. The molecular formula is C15H20N2O2S2. The van der Waals surface area contributed by atoms with Crippen LogP contribution in [0, 0.1) is 5.92 Å². The Bertz CT molecular complexity index is 752. The average Bonchev–Trinajstić information content (AvgIpc) is 3.07. The normalized spacial score (nSPS) is 21.8. The molecule has 4 nitrogen and oxygen atoms in total. The SMILES string of the molecule is CCC1CC1NS(=O)(=O)c1c(CNC)sc2ccccc12. The van der Waals surface area contributed by atoms with Gasteiger partial charge in [-0.25, -0.2) is 13.1 Å². The first-order chi connectivity index (χ1) is 10.1. The molecule has 1 aliphatic carbocycles. The zero-order valence-corrected chi connectivity index (χ0v) is 13.9. The van der Waals surface area contributed by atoms with Gasteiger partial charge in [-0.15, -0.1) is 11.3 Å². The Labute approximate surface area is 129 Å². The van der Waals surface area contributed by atoms with E-state index in [1.807, 2.05) is 31.3 Å². The van der Waals surface area contributed by atoms with Gasteiger partial charge in [0.05, 0.1) is 0 Å². The molecule has 2 N–H and O–H groups in total. The van der Waals surface area contributed by atoms with Gasteiger partial charge in [0.15, 0.2) is 0 Å². The highest BCUT2D eigenvalue weighted by molar-refractivity contribution is 7.90. The van der Waals surface area contributed by atoms with Crippen molar-refractivity contribution in [3.63, 3.8) is 0 Å². The highest BCUT2D eigenvalue weighted by Gasteiger charge is 2.39. The summed E-state index contributed by atoms with van der Waals surface area (Å²) in [6.07, 6.45) is 1.99. The summed E-state index contributed by atoms with van der Waals surface area (Å²) in [5.41, 5.74) is 0. The number of benzene rings is 1. The van der Waals surface area contributed by atoms with Crippen LogP contribution in [0.4, 0.5) is 0 Å². The van der Waals surface area contributed by atoms with Crippen LogP contribution in [0.25, 0.3) is 10.1 Å². The van der Waals surface area contributed by atoms with E-state index in [2.05, 4.69) is 17.0 Å². The molecule has 1 aliphatic rings. The Kier molecular flexibility index (Phi) is 4.05. The van der Waals surface area contributed by atoms with E-state index in [4.69, 9.17) is 0 Å². The quantitative estimate of drug-likeness (QED) is 0.859. The molecule has 3 rings (SSSR count). The molecular weight excluding hydrogens is 304 g/mol. The Morgan fingerprint density at radius 2 is 2.10 bits per heavy atom. The number of sulfonamides is 1. The summed E-state index contributed by atoms with van der Waals surface area (Å²) in [7, 11) is -1.62. The first-order valence-electron chi connectivity index (χ1n) is 7.24. The van der Waals surface area contributed by atoms with Crippen molar-refractivity contribution in [2.45, 2.75) is 37.2 Å². The highest BCUT2D eigenvalue weighted by Crippen LogP contribution is 2.38. The molecule has 0 aliphatic heterocycles. The lowest BCUT2D eigenvalue weighted by atomic mass is 10.2. The number of hydrogen-bond donors (Lipinski definition) is 2. The van der Waals surface area contributed by atoms with Crippen LogP contribution in [0.2, 0.25) is 0 Å². The first-order valence-corrected chi connectivity index (χ1v) is 9.54. The molecule has 0 bridgehead atoms. The lowest BCUT2D eigenvalue weighted by Gasteiger charge is -2.08. The molecule has 1 fully saturated rings. The summed E-state index contributed by atoms with van der Waals surface area (Å²) in [4.78, 5) is 1.33. The predicted molar refractivity (Wildman–Crippen MR) is 87.1 cm³/mol. The van der Waals surface area contributed by atoms with Crippen molar-refractivity contribution in [3.05, 3.63) is 29.1 Å². The number of nitrogens with one attached hydrogen (secondary N) is 2. The molecule has 21 heavy (non-hydrogen) atoms.